The Morgan fingerprint density at radius 3 is 3.00 bits per heavy atom. The molecule has 0 fully saturated rings. The number of hydrogen-bond donors (Lipinski definition) is 1. The predicted molar refractivity (Wildman–Crippen MR) is 49.2 cm³/mol. The van der Waals surface area contributed by atoms with Crippen molar-refractivity contribution < 1.29 is 9.15 Å². The number of nitrogens with one attached hydrogen (secondary N) is 1. The summed E-state index contributed by atoms with van der Waals surface area (Å²) >= 11 is 0. The molecule has 0 aliphatic rings. The van der Waals surface area contributed by atoms with Crippen molar-refractivity contribution in [2.24, 2.45) is 0 Å². The molecule has 1 aromatic rings. The summed E-state index contributed by atoms with van der Waals surface area (Å²) in [6.07, 6.45) is 2.03. The van der Waals surface area contributed by atoms with E-state index in [2.05, 4.69) is 5.32 Å². The second-order valence-corrected chi connectivity index (χ2v) is 2.59. The smallest absolute Gasteiger partial charge is 0.226 e. The first-order valence-electron chi connectivity index (χ1n) is 4.09. The zero-order chi connectivity index (χ0) is 9.68. The van der Waals surface area contributed by atoms with Gasteiger partial charge in [-0.3, -0.25) is 4.79 Å². The van der Waals surface area contributed by atoms with Crippen LogP contribution in [0.25, 0.3) is 0 Å². The molecule has 0 aromatic carbocycles. The van der Waals surface area contributed by atoms with Crippen molar-refractivity contribution in [3.63, 3.8) is 0 Å². The maximum absolute atomic E-state index is 11.2. The molecule has 0 aliphatic heterocycles. The molecule has 0 spiro atoms. The molecule has 13 heavy (non-hydrogen) atoms. The topological polar surface area (TPSA) is 51.5 Å². The van der Waals surface area contributed by atoms with Crippen LogP contribution >= 0.6 is 0 Å². The molecule has 4 nitrogen and oxygen atoms in total. The molecule has 1 aromatic heterocycles. The largest absolute Gasteiger partial charge is 0.490 e. The van der Waals surface area contributed by atoms with Crippen molar-refractivity contribution in [3.05, 3.63) is 28.3 Å². The van der Waals surface area contributed by atoms with Gasteiger partial charge in [-0.15, -0.1) is 0 Å². The molecule has 0 bridgehead atoms. The standard InChI is InChI=1S/C9H13NO3/c1-10-5-3-8-9(12-2)7(11)4-6-13-8/h4,6,10H,3,5H2,1-2H3. The van der Waals surface area contributed by atoms with Gasteiger partial charge < -0.3 is 14.5 Å². The minimum Gasteiger partial charge on any atom is -0.490 e. The van der Waals surface area contributed by atoms with Gasteiger partial charge in [0.05, 0.1) is 13.4 Å². The van der Waals surface area contributed by atoms with Gasteiger partial charge in [-0.05, 0) is 7.05 Å². The molecule has 4 heteroatoms. The van der Waals surface area contributed by atoms with E-state index in [0.717, 1.165) is 6.54 Å². The number of ether oxygens (including phenoxy) is 1. The van der Waals surface area contributed by atoms with Gasteiger partial charge in [-0.2, -0.15) is 0 Å². The van der Waals surface area contributed by atoms with Gasteiger partial charge in [-0.1, -0.05) is 0 Å². The summed E-state index contributed by atoms with van der Waals surface area (Å²) in [7, 11) is 3.31. The Kier molecular flexibility index (Phi) is 3.52. The van der Waals surface area contributed by atoms with Crippen molar-refractivity contribution in [2.45, 2.75) is 6.42 Å². The quantitative estimate of drug-likeness (QED) is 0.734. The van der Waals surface area contributed by atoms with Crippen LogP contribution in [0.5, 0.6) is 5.75 Å². The first-order chi connectivity index (χ1) is 6.29. The van der Waals surface area contributed by atoms with Crippen molar-refractivity contribution in [1.82, 2.24) is 5.32 Å². The average molecular weight is 183 g/mol. The van der Waals surface area contributed by atoms with Crippen molar-refractivity contribution in [3.8, 4) is 5.75 Å². The highest BCUT2D eigenvalue weighted by Crippen LogP contribution is 2.11. The van der Waals surface area contributed by atoms with E-state index >= 15 is 0 Å². The van der Waals surface area contributed by atoms with Crippen LogP contribution in [0.3, 0.4) is 0 Å². The molecule has 0 amide bonds. The number of likely N-dealkylation sites (N-methyl/N-ethyl adjacent to an activating group) is 1. The van der Waals surface area contributed by atoms with Crippen molar-refractivity contribution in [2.75, 3.05) is 20.7 Å². The molecule has 1 rings (SSSR count). The third kappa shape index (κ3) is 2.32. The third-order valence-electron chi connectivity index (χ3n) is 1.71. The van der Waals surface area contributed by atoms with Crippen molar-refractivity contribution in [1.29, 1.82) is 0 Å². The Labute approximate surface area is 76.5 Å². The van der Waals surface area contributed by atoms with Crippen LogP contribution in [0, 0.1) is 0 Å². The highest BCUT2D eigenvalue weighted by atomic mass is 16.5. The van der Waals surface area contributed by atoms with Gasteiger partial charge in [0.1, 0.15) is 0 Å². The average Bonchev–Trinajstić information content (AvgIpc) is 2.15. The lowest BCUT2D eigenvalue weighted by Crippen LogP contribution is -2.13. The molecule has 72 valence electrons. The Morgan fingerprint density at radius 2 is 2.38 bits per heavy atom. The summed E-state index contributed by atoms with van der Waals surface area (Å²) < 4.78 is 10.1. The van der Waals surface area contributed by atoms with Crippen molar-refractivity contribution >= 4 is 0 Å². The Balaban J connectivity index is 2.92. The summed E-state index contributed by atoms with van der Waals surface area (Å²) in [6, 6.07) is 1.35. The van der Waals surface area contributed by atoms with Gasteiger partial charge >= 0.3 is 0 Å². The highest BCUT2D eigenvalue weighted by Gasteiger charge is 2.07. The predicted octanol–water partition coefficient (Wildman–Crippen LogP) is 0.410. The maximum atomic E-state index is 11.2. The zero-order valence-electron chi connectivity index (χ0n) is 7.79. The molecule has 0 atom stereocenters. The second-order valence-electron chi connectivity index (χ2n) is 2.59. The van der Waals surface area contributed by atoms with Gasteiger partial charge in [-0.25, -0.2) is 0 Å². The van der Waals surface area contributed by atoms with Crippen LogP contribution in [0.2, 0.25) is 0 Å². The van der Waals surface area contributed by atoms with Crippen LogP contribution < -0.4 is 15.5 Å². The highest BCUT2D eigenvalue weighted by molar-refractivity contribution is 5.24. The summed E-state index contributed by atoms with van der Waals surface area (Å²) in [6.45, 7) is 0.753. The van der Waals surface area contributed by atoms with Crippen LogP contribution in [0.1, 0.15) is 5.76 Å². The molecular weight excluding hydrogens is 170 g/mol. The van der Waals surface area contributed by atoms with Crippen LogP contribution in [0.15, 0.2) is 21.5 Å². The van der Waals surface area contributed by atoms with Crippen LogP contribution in [-0.2, 0) is 6.42 Å². The van der Waals surface area contributed by atoms with E-state index < -0.39 is 0 Å². The lowest BCUT2D eigenvalue weighted by atomic mass is 10.2. The Morgan fingerprint density at radius 1 is 1.62 bits per heavy atom. The van der Waals surface area contributed by atoms with E-state index in [1.54, 1.807) is 0 Å². The molecule has 0 radical (unpaired) electrons. The summed E-state index contributed by atoms with van der Waals surface area (Å²) in [5.74, 6) is 0.891. The fourth-order valence-corrected chi connectivity index (χ4v) is 1.07. The fraction of sp³-hybridized carbons (Fsp3) is 0.444. The van der Waals surface area contributed by atoms with E-state index in [4.69, 9.17) is 9.15 Å². The van der Waals surface area contributed by atoms with Gasteiger partial charge in [0.15, 0.2) is 5.76 Å². The van der Waals surface area contributed by atoms with Gasteiger partial charge in [0.25, 0.3) is 0 Å². The van der Waals surface area contributed by atoms with Crippen LogP contribution in [0.4, 0.5) is 0 Å². The minimum absolute atomic E-state index is 0.139. The zero-order valence-corrected chi connectivity index (χ0v) is 7.79. The third-order valence-corrected chi connectivity index (χ3v) is 1.71. The summed E-state index contributed by atoms with van der Waals surface area (Å²) in [4.78, 5) is 11.2. The minimum atomic E-state index is -0.139. The molecular formula is C9H13NO3. The van der Waals surface area contributed by atoms with E-state index in [0.29, 0.717) is 17.9 Å². The van der Waals surface area contributed by atoms with E-state index in [9.17, 15) is 4.79 Å². The summed E-state index contributed by atoms with van der Waals surface area (Å²) in [5, 5.41) is 2.97. The molecule has 0 aliphatic carbocycles. The van der Waals surface area contributed by atoms with Gasteiger partial charge in [0, 0.05) is 19.0 Å². The van der Waals surface area contributed by atoms with E-state index in [-0.39, 0.29) is 5.43 Å². The first-order valence-corrected chi connectivity index (χ1v) is 4.09. The number of rotatable bonds is 4. The fourth-order valence-electron chi connectivity index (χ4n) is 1.07. The SMILES string of the molecule is CNCCc1occc(=O)c1OC. The van der Waals surface area contributed by atoms with Gasteiger partial charge in [0.2, 0.25) is 11.2 Å². The van der Waals surface area contributed by atoms with Crippen LogP contribution in [-0.4, -0.2) is 20.7 Å². The normalized spacial score (nSPS) is 10.0. The Bertz CT molecular complexity index is 319. The van der Waals surface area contributed by atoms with E-state index in [1.807, 2.05) is 7.05 Å². The molecule has 0 saturated carbocycles. The lowest BCUT2D eigenvalue weighted by molar-refractivity contribution is 0.366. The molecule has 1 N–H and O–H groups in total. The summed E-state index contributed by atoms with van der Waals surface area (Å²) in [5.41, 5.74) is -0.139. The first kappa shape index (κ1) is 9.80. The Hall–Kier alpha value is -1.29. The van der Waals surface area contributed by atoms with E-state index in [1.165, 1.54) is 19.4 Å². The maximum Gasteiger partial charge on any atom is 0.226 e. The molecule has 1 heterocycles. The number of methoxy groups -OCH3 is 1. The second kappa shape index (κ2) is 4.67. The lowest BCUT2D eigenvalue weighted by Gasteiger charge is -2.04. The molecule has 0 unspecified atom stereocenters. The molecule has 0 saturated heterocycles. The monoisotopic (exact) mass is 183 g/mol. The number of hydrogen-bond acceptors (Lipinski definition) is 4.